The molecule has 0 aliphatic heterocycles. The lowest BCUT2D eigenvalue weighted by Crippen LogP contribution is -2.07. The van der Waals surface area contributed by atoms with E-state index < -0.39 is 0 Å². The minimum Gasteiger partial charge on any atom is -0.437 e. The molecule has 2 rings (SSSR count). The summed E-state index contributed by atoms with van der Waals surface area (Å²) in [5.41, 5.74) is 2.05. The second kappa shape index (κ2) is 5.41. The van der Waals surface area contributed by atoms with Crippen LogP contribution >= 0.6 is 0 Å². The SMILES string of the molecule is CNCc1cnc(Oc2cccc(C)c2)cn1. The number of benzene rings is 1. The maximum atomic E-state index is 5.60. The molecule has 0 saturated heterocycles. The normalized spacial score (nSPS) is 10.2. The van der Waals surface area contributed by atoms with E-state index in [9.17, 15) is 0 Å². The Morgan fingerprint density at radius 3 is 2.76 bits per heavy atom. The first-order valence-electron chi connectivity index (χ1n) is 5.48. The predicted octanol–water partition coefficient (Wildman–Crippen LogP) is 2.30. The van der Waals surface area contributed by atoms with E-state index in [0.717, 1.165) is 17.0 Å². The third kappa shape index (κ3) is 3.26. The van der Waals surface area contributed by atoms with Gasteiger partial charge in [-0.25, -0.2) is 4.98 Å². The summed E-state index contributed by atoms with van der Waals surface area (Å²) in [4.78, 5) is 8.43. The molecule has 1 aromatic carbocycles. The molecule has 0 bridgehead atoms. The number of nitrogens with one attached hydrogen (secondary N) is 1. The molecule has 0 saturated carbocycles. The summed E-state index contributed by atoms with van der Waals surface area (Å²) in [7, 11) is 1.87. The molecule has 0 spiro atoms. The van der Waals surface area contributed by atoms with Gasteiger partial charge in [-0.05, 0) is 31.7 Å². The van der Waals surface area contributed by atoms with Gasteiger partial charge in [0.05, 0.1) is 18.1 Å². The first kappa shape index (κ1) is 11.5. The van der Waals surface area contributed by atoms with E-state index in [2.05, 4.69) is 15.3 Å². The van der Waals surface area contributed by atoms with Gasteiger partial charge < -0.3 is 10.1 Å². The van der Waals surface area contributed by atoms with Crippen LogP contribution < -0.4 is 10.1 Å². The molecule has 2 aromatic rings. The van der Waals surface area contributed by atoms with Crippen molar-refractivity contribution >= 4 is 0 Å². The van der Waals surface area contributed by atoms with Crippen LogP contribution in [0.15, 0.2) is 36.7 Å². The molecule has 0 atom stereocenters. The van der Waals surface area contributed by atoms with E-state index in [1.807, 2.05) is 38.2 Å². The Kier molecular flexibility index (Phi) is 3.67. The highest BCUT2D eigenvalue weighted by Crippen LogP contribution is 2.19. The van der Waals surface area contributed by atoms with E-state index in [-0.39, 0.29) is 0 Å². The number of hydrogen-bond acceptors (Lipinski definition) is 4. The fourth-order valence-electron chi connectivity index (χ4n) is 1.47. The van der Waals surface area contributed by atoms with Gasteiger partial charge in [0.15, 0.2) is 0 Å². The topological polar surface area (TPSA) is 47.0 Å². The Hall–Kier alpha value is -1.94. The molecule has 0 fully saturated rings. The molecular formula is C13H15N3O. The van der Waals surface area contributed by atoms with E-state index in [1.165, 1.54) is 0 Å². The highest BCUT2D eigenvalue weighted by Gasteiger charge is 2.00. The lowest BCUT2D eigenvalue weighted by Gasteiger charge is -2.05. The largest absolute Gasteiger partial charge is 0.437 e. The van der Waals surface area contributed by atoms with Gasteiger partial charge in [0, 0.05) is 6.54 Å². The average Bonchev–Trinajstić information content (AvgIpc) is 2.32. The van der Waals surface area contributed by atoms with Crippen molar-refractivity contribution in [3.05, 3.63) is 47.9 Å². The lowest BCUT2D eigenvalue weighted by atomic mass is 10.2. The molecule has 17 heavy (non-hydrogen) atoms. The third-order valence-electron chi connectivity index (χ3n) is 2.25. The molecule has 0 unspecified atom stereocenters. The summed E-state index contributed by atoms with van der Waals surface area (Å²) < 4.78 is 5.60. The molecule has 1 N–H and O–H groups in total. The van der Waals surface area contributed by atoms with Gasteiger partial charge in [-0.1, -0.05) is 12.1 Å². The molecule has 88 valence electrons. The van der Waals surface area contributed by atoms with Crippen molar-refractivity contribution in [2.45, 2.75) is 13.5 Å². The Balaban J connectivity index is 2.08. The van der Waals surface area contributed by atoms with E-state index in [1.54, 1.807) is 12.4 Å². The number of aromatic nitrogens is 2. The summed E-state index contributed by atoms with van der Waals surface area (Å²) in [6, 6.07) is 7.83. The molecule has 1 heterocycles. The molecule has 0 radical (unpaired) electrons. The quantitative estimate of drug-likeness (QED) is 0.873. The van der Waals surface area contributed by atoms with Crippen molar-refractivity contribution in [1.29, 1.82) is 0 Å². The van der Waals surface area contributed by atoms with Crippen molar-refractivity contribution in [2.24, 2.45) is 0 Å². The first-order valence-corrected chi connectivity index (χ1v) is 5.48. The summed E-state index contributed by atoms with van der Waals surface area (Å²) in [5, 5.41) is 3.02. The fourth-order valence-corrected chi connectivity index (χ4v) is 1.47. The molecule has 0 aliphatic rings. The van der Waals surface area contributed by atoms with Gasteiger partial charge in [-0.2, -0.15) is 0 Å². The van der Waals surface area contributed by atoms with E-state index >= 15 is 0 Å². The highest BCUT2D eigenvalue weighted by atomic mass is 16.5. The Morgan fingerprint density at radius 2 is 2.12 bits per heavy atom. The zero-order valence-electron chi connectivity index (χ0n) is 9.97. The molecule has 4 heteroatoms. The van der Waals surface area contributed by atoms with Crippen molar-refractivity contribution < 1.29 is 4.74 Å². The van der Waals surface area contributed by atoms with Crippen LogP contribution in [0.2, 0.25) is 0 Å². The smallest absolute Gasteiger partial charge is 0.237 e. The standard InChI is InChI=1S/C13H15N3O/c1-10-4-3-5-12(6-10)17-13-9-15-11(7-14-2)8-16-13/h3-6,8-9,14H,7H2,1-2H3. The van der Waals surface area contributed by atoms with Crippen LogP contribution in [-0.2, 0) is 6.54 Å². The number of aryl methyl sites for hydroxylation is 1. The molecule has 0 aliphatic carbocycles. The van der Waals surface area contributed by atoms with Crippen LogP contribution in [0.5, 0.6) is 11.6 Å². The van der Waals surface area contributed by atoms with Gasteiger partial charge in [0.1, 0.15) is 5.75 Å². The lowest BCUT2D eigenvalue weighted by molar-refractivity contribution is 0.458. The predicted molar refractivity (Wildman–Crippen MR) is 66.0 cm³/mol. The maximum Gasteiger partial charge on any atom is 0.237 e. The van der Waals surface area contributed by atoms with Gasteiger partial charge in [-0.3, -0.25) is 4.98 Å². The molecule has 4 nitrogen and oxygen atoms in total. The summed E-state index contributed by atoms with van der Waals surface area (Å²) in [5.74, 6) is 1.29. The number of hydrogen-bond donors (Lipinski definition) is 1. The van der Waals surface area contributed by atoms with Gasteiger partial charge in [-0.15, -0.1) is 0 Å². The van der Waals surface area contributed by atoms with E-state index in [0.29, 0.717) is 12.4 Å². The Labute approximate surface area is 101 Å². The van der Waals surface area contributed by atoms with Gasteiger partial charge in [0.2, 0.25) is 5.88 Å². The first-order chi connectivity index (χ1) is 8.28. The van der Waals surface area contributed by atoms with Crippen LogP contribution in [-0.4, -0.2) is 17.0 Å². The maximum absolute atomic E-state index is 5.60. The summed E-state index contributed by atoms with van der Waals surface area (Å²) in [6.07, 6.45) is 3.34. The van der Waals surface area contributed by atoms with Crippen molar-refractivity contribution in [3.63, 3.8) is 0 Å². The Morgan fingerprint density at radius 1 is 1.24 bits per heavy atom. The minimum atomic E-state index is 0.510. The van der Waals surface area contributed by atoms with Crippen LogP contribution in [0.1, 0.15) is 11.3 Å². The summed E-state index contributed by atoms with van der Waals surface area (Å²) in [6.45, 7) is 2.73. The zero-order chi connectivity index (χ0) is 12.1. The zero-order valence-corrected chi connectivity index (χ0v) is 9.97. The van der Waals surface area contributed by atoms with Gasteiger partial charge >= 0.3 is 0 Å². The average molecular weight is 229 g/mol. The van der Waals surface area contributed by atoms with Crippen LogP contribution in [0, 0.1) is 6.92 Å². The fraction of sp³-hybridized carbons (Fsp3) is 0.231. The van der Waals surface area contributed by atoms with Crippen molar-refractivity contribution in [1.82, 2.24) is 15.3 Å². The number of rotatable bonds is 4. The second-order valence-electron chi connectivity index (χ2n) is 3.79. The minimum absolute atomic E-state index is 0.510. The molecular weight excluding hydrogens is 214 g/mol. The van der Waals surface area contributed by atoms with Crippen molar-refractivity contribution in [2.75, 3.05) is 7.05 Å². The third-order valence-corrected chi connectivity index (χ3v) is 2.25. The number of nitrogens with zero attached hydrogens (tertiary/aromatic N) is 2. The Bertz CT molecular complexity index is 482. The van der Waals surface area contributed by atoms with Crippen LogP contribution in [0.3, 0.4) is 0 Å². The second-order valence-corrected chi connectivity index (χ2v) is 3.79. The highest BCUT2D eigenvalue weighted by molar-refractivity contribution is 5.30. The monoisotopic (exact) mass is 229 g/mol. The van der Waals surface area contributed by atoms with Crippen LogP contribution in [0.25, 0.3) is 0 Å². The van der Waals surface area contributed by atoms with Gasteiger partial charge in [0.25, 0.3) is 0 Å². The van der Waals surface area contributed by atoms with Crippen molar-refractivity contribution in [3.8, 4) is 11.6 Å². The molecule has 1 aromatic heterocycles. The number of ether oxygens (including phenoxy) is 1. The van der Waals surface area contributed by atoms with Crippen LogP contribution in [0.4, 0.5) is 0 Å². The van der Waals surface area contributed by atoms with E-state index in [4.69, 9.17) is 4.74 Å². The summed E-state index contributed by atoms with van der Waals surface area (Å²) >= 11 is 0. The molecule has 0 amide bonds.